The Morgan fingerprint density at radius 1 is 1.22 bits per heavy atom. The van der Waals surface area contributed by atoms with Crippen molar-refractivity contribution in [2.24, 2.45) is 5.92 Å². The zero-order valence-electron chi connectivity index (χ0n) is 15.8. The average molecular weight is 366 g/mol. The molecule has 0 bridgehead atoms. The fourth-order valence-corrected chi connectivity index (χ4v) is 4.80. The van der Waals surface area contributed by atoms with E-state index in [-0.39, 0.29) is 11.8 Å². The fraction of sp³-hybridized carbons (Fsp3) is 0.545. The van der Waals surface area contributed by atoms with E-state index < -0.39 is 0 Å². The van der Waals surface area contributed by atoms with Crippen LogP contribution in [0.3, 0.4) is 0 Å². The Morgan fingerprint density at radius 3 is 2.93 bits per heavy atom. The summed E-state index contributed by atoms with van der Waals surface area (Å²) in [6.07, 6.45) is 4.39. The summed E-state index contributed by atoms with van der Waals surface area (Å²) in [6, 6.07) is 8.69. The first-order valence-corrected chi connectivity index (χ1v) is 10.1. The minimum atomic E-state index is -0.0961. The number of fused-ring (bicyclic) bond motifs is 3. The Labute approximate surface area is 159 Å². The minimum absolute atomic E-state index is 0.0961. The van der Waals surface area contributed by atoms with Crippen LogP contribution in [0.25, 0.3) is 11.3 Å². The topological polar surface area (TPSA) is 53.4 Å². The maximum Gasteiger partial charge on any atom is 0.348 e. The summed E-state index contributed by atoms with van der Waals surface area (Å²) in [5.41, 5.74) is 5.72. The Hall–Kier alpha value is -1.98. The van der Waals surface area contributed by atoms with Crippen LogP contribution < -0.4 is 5.69 Å². The summed E-state index contributed by atoms with van der Waals surface area (Å²) in [4.78, 5) is 17.1. The molecule has 1 aromatic heterocycles. The van der Waals surface area contributed by atoms with Gasteiger partial charge in [-0.1, -0.05) is 23.8 Å². The molecule has 0 spiro atoms. The third kappa shape index (κ3) is 3.23. The standard InChI is InChI=1S/C22H26N2O3/c1-14-2-3-19-16(8-14)4-5-24-21(19)12-20(23-22(24)25)17-9-15(10-17)11-18-13-26-6-7-27-18/h2-3,8,12,15,17-18H,4-7,9-11,13H2,1H3/t15?,17?,18-/m1/s1. The average Bonchev–Trinajstić information content (AvgIpc) is 2.64. The van der Waals surface area contributed by atoms with E-state index in [4.69, 9.17) is 9.47 Å². The lowest BCUT2D eigenvalue weighted by Crippen LogP contribution is -2.35. The van der Waals surface area contributed by atoms with Gasteiger partial charge in [0, 0.05) is 18.0 Å². The molecule has 1 aliphatic carbocycles. The minimum Gasteiger partial charge on any atom is -0.376 e. The predicted octanol–water partition coefficient (Wildman–Crippen LogP) is 3.07. The van der Waals surface area contributed by atoms with Gasteiger partial charge in [0.25, 0.3) is 0 Å². The van der Waals surface area contributed by atoms with E-state index in [0.717, 1.165) is 50.2 Å². The van der Waals surface area contributed by atoms with Crippen molar-refractivity contribution in [1.29, 1.82) is 0 Å². The number of aryl methyl sites for hydroxylation is 2. The van der Waals surface area contributed by atoms with E-state index in [0.29, 0.717) is 25.0 Å². The Bertz CT molecular complexity index is 908. The number of hydrogen-bond donors (Lipinski definition) is 0. The van der Waals surface area contributed by atoms with E-state index >= 15 is 0 Å². The number of rotatable bonds is 3. The molecule has 5 nitrogen and oxygen atoms in total. The number of benzene rings is 1. The SMILES string of the molecule is Cc1ccc2c(c1)CCn1c-2cc(C2CC(C[C@@H]3COCCO3)C2)nc1=O. The summed E-state index contributed by atoms with van der Waals surface area (Å²) >= 11 is 0. The van der Waals surface area contributed by atoms with Gasteiger partial charge in [0.2, 0.25) is 0 Å². The molecule has 2 aliphatic heterocycles. The molecule has 5 rings (SSSR count). The highest BCUT2D eigenvalue weighted by Gasteiger charge is 2.34. The van der Waals surface area contributed by atoms with Crippen molar-refractivity contribution in [3.8, 4) is 11.3 Å². The number of nitrogens with zero attached hydrogens (tertiary/aromatic N) is 2. The van der Waals surface area contributed by atoms with E-state index in [2.05, 4.69) is 36.2 Å². The normalized spacial score (nSPS) is 26.8. The van der Waals surface area contributed by atoms with E-state index in [1.165, 1.54) is 16.7 Å². The molecular weight excluding hydrogens is 340 g/mol. The molecular formula is C22H26N2O3. The van der Waals surface area contributed by atoms with Crippen molar-refractivity contribution >= 4 is 0 Å². The molecule has 5 heteroatoms. The second-order valence-corrected chi connectivity index (χ2v) is 8.25. The van der Waals surface area contributed by atoms with Crippen molar-refractivity contribution in [1.82, 2.24) is 9.55 Å². The second-order valence-electron chi connectivity index (χ2n) is 8.25. The van der Waals surface area contributed by atoms with Crippen molar-refractivity contribution in [3.05, 3.63) is 51.6 Å². The molecule has 1 saturated carbocycles. The third-order valence-corrected chi connectivity index (χ3v) is 6.31. The van der Waals surface area contributed by atoms with Gasteiger partial charge in [-0.05, 0) is 50.2 Å². The zero-order chi connectivity index (χ0) is 18.4. The van der Waals surface area contributed by atoms with Crippen molar-refractivity contribution in [3.63, 3.8) is 0 Å². The van der Waals surface area contributed by atoms with Gasteiger partial charge >= 0.3 is 5.69 Å². The molecule has 0 unspecified atom stereocenters. The Kier molecular flexibility index (Phi) is 4.37. The first kappa shape index (κ1) is 17.1. The second kappa shape index (κ2) is 6.88. The lowest BCUT2D eigenvalue weighted by Gasteiger charge is -2.38. The van der Waals surface area contributed by atoms with Crippen LogP contribution in [0, 0.1) is 12.8 Å². The van der Waals surface area contributed by atoms with Crippen molar-refractivity contribution in [2.45, 2.75) is 51.2 Å². The van der Waals surface area contributed by atoms with E-state index in [1.807, 2.05) is 4.57 Å². The van der Waals surface area contributed by atoms with Crippen LogP contribution in [-0.4, -0.2) is 35.5 Å². The van der Waals surface area contributed by atoms with Crippen molar-refractivity contribution < 1.29 is 9.47 Å². The van der Waals surface area contributed by atoms with Crippen LogP contribution >= 0.6 is 0 Å². The van der Waals surface area contributed by atoms with Gasteiger partial charge in [0.15, 0.2) is 0 Å². The monoisotopic (exact) mass is 366 g/mol. The van der Waals surface area contributed by atoms with Crippen LogP contribution in [0.1, 0.15) is 42.0 Å². The highest BCUT2D eigenvalue weighted by molar-refractivity contribution is 5.66. The van der Waals surface area contributed by atoms with Gasteiger partial charge in [0.1, 0.15) is 0 Å². The van der Waals surface area contributed by atoms with Crippen LogP contribution in [0.5, 0.6) is 0 Å². The molecule has 0 radical (unpaired) electrons. The maximum absolute atomic E-state index is 12.6. The molecule has 3 heterocycles. The highest BCUT2D eigenvalue weighted by Crippen LogP contribution is 2.44. The van der Waals surface area contributed by atoms with Gasteiger partial charge in [0.05, 0.1) is 37.3 Å². The number of aromatic nitrogens is 2. The summed E-state index contributed by atoms with van der Waals surface area (Å²) in [6.45, 7) is 4.99. The van der Waals surface area contributed by atoms with Gasteiger partial charge in [-0.3, -0.25) is 4.57 Å². The summed E-state index contributed by atoms with van der Waals surface area (Å²) in [7, 11) is 0. The van der Waals surface area contributed by atoms with Crippen LogP contribution in [-0.2, 0) is 22.4 Å². The van der Waals surface area contributed by atoms with Gasteiger partial charge in [-0.2, -0.15) is 4.98 Å². The number of hydrogen-bond acceptors (Lipinski definition) is 4. The molecule has 142 valence electrons. The van der Waals surface area contributed by atoms with E-state index in [1.54, 1.807) is 0 Å². The summed E-state index contributed by atoms with van der Waals surface area (Å²) in [5.74, 6) is 1.05. The molecule has 2 fully saturated rings. The molecule has 2 aromatic rings. The predicted molar refractivity (Wildman–Crippen MR) is 103 cm³/mol. The first-order valence-electron chi connectivity index (χ1n) is 10.1. The van der Waals surface area contributed by atoms with Crippen LogP contribution in [0.2, 0.25) is 0 Å². The van der Waals surface area contributed by atoms with E-state index in [9.17, 15) is 4.79 Å². The highest BCUT2D eigenvalue weighted by atomic mass is 16.6. The molecule has 0 amide bonds. The number of ether oxygens (including phenoxy) is 2. The maximum atomic E-state index is 12.6. The van der Waals surface area contributed by atoms with Gasteiger partial charge < -0.3 is 9.47 Å². The van der Waals surface area contributed by atoms with Gasteiger partial charge in [-0.25, -0.2) is 4.79 Å². The quantitative estimate of drug-likeness (QED) is 0.838. The molecule has 1 aromatic carbocycles. The molecule has 1 atom stereocenters. The van der Waals surface area contributed by atoms with Crippen molar-refractivity contribution in [2.75, 3.05) is 19.8 Å². The molecule has 3 aliphatic rings. The first-order chi connectivity index (χ1) is 13.2. The third-order valence-electron chi connectivity index (χ3n) is 6.31. The molecule has 27 heavy (non-hydrogen) atoms. The molecule has 1 saturated heterocycles. The lowest BCUT2D eigenvalue weighted by atomic mass is 9.70. The largest absolute Gasteiger partial charge is 0.376 e. The Morgan fingerprint density at radius 2 is 2.11 bits per heavy atom. The summed E-state index contributed by atoms with van der Waals surface area (Å²) < 4.78 is 13.1. The fourth-order valence-electron chi connectivity index (χ4n) is 4.80. The lowest BCUT2D eigenvalue weighted by molar-refractivity contribution is -0.0998. The van der Waals surface area contributed by atoms with Crippen LogP contribution in [0.4, 0.5) is 0 Å². The smallest absolute Gasteiger partial charge is 0.348 e. The Balaban J connectivity index is 1.35. The summed E-state index contributed by atoms with van der Waals surface area (Å²) in [5, 5.41) is 0. The molecule has 0 N–H and O–H groups in total. The van der Waals surface area contributed by atoms with Crippen LogP contribution in [0.15, 0.2) is 29.1 Å². The van der Waals surface area contributed by atoms with Gasteiger partial charge in [-0.15, -0.1) is 0 Å². The zero-order valence-corrected chi connectivity index (χ0v) is 15.8.